The molecule has 0 atom stereocenters. The predicted molar refractivity (Wildman–Crippen MR) is 104 cm³/mol. The van der Waals surface area contributed by atoms with Gasteiger partial charge in [-0.15, -0.1) is 0 Å². The Kier molecular flexibility index (Phi) is 6.35. The molecule has 0 saturated heterocycles. The molecule has 8 nitrogen and oxygen atoms in total. The molecule has 0 aliphatic heterocycles. The highest BCUT2D eigenvalue weighted by molar-refractivity contribution is 5.95. The molecule has 0 aliphatic carbocycles. The van der Waals surface area contributed by atoms with Crippen LogP contribution < -0.4 is 5.32 Å². The van der Waals surface area contributed by atoms with Crippen molar-refractivity contribution in [2.75, 3.05) is 19.0 Å². The average molecular weight is 386 g/mol. The molecule has 8 heteroatoms. The molecule has 0 aromatic heterocycles. The normalized spacial score (nSPS) is 10.9. The van der Waals surface area contributed by atoms with Gasteiger partial charge in [0.2, 0.25) is 0 Å². The molecule has 0 unspecified atom stereocenters. The zero-order valence-electron chi connectivity index (χ0n) is 16.1. The topological polar surface area (TPSA) is 108 Å². The van der Waals surface area contributed by atoms with E-state index >= 15 is 0 Å². The number of esters is 2. The van der Waals surface area contributed by atoms with Crippen molar-refractivity contribution in [3.63, 3.8) is 0 Å². The second-order valence-electron chi connectivity index (χ2n) is 6.97. The Morgan fingerprint density at radius 3 is 2.43 bits per heavy atom. The van der Waals surface area contributed by atoms with Gasteiger partial charge in [0.15, 0.2) is 0 Å². The van der Waals surface area contributed by atoms with Crippen LogP contribution in [0.15, 0.2) is 42.5 Å². The van der Waals surface area contributed by atoms with Gasteiger partial charge in [-0.25, -0.2) is 4.79 Å². The number of nitro benzene ring substituents is 1. The first-order chi connectivity index (χ1) is 13.1. The van der Waals surface area contributed by atoms with Crippen molar-refractivity contribution < 1.29 is 24.0 Å². The van der Waals surface area contributed by atoms with E-state index in [1.807, 2.05) is 0 Å². The highest BCUT2D eigenvalue weighted by Gasteiger charge is 2.22. The molecule has 2 aromatic carbocycles. The lowest BCUT2D eigenvalue weighted by Crippen LogP contribution is -2.28. The van der Waals surface area contributed by atoms with E-state index in [0.29, 0.717) is 16.8 Å². The van der Waals surface area contributed by atoms with Crippen LogP contribution in [0.25, 0.3) is 11.1 Å². The van der Waals surface area contributed by atoms with Crippen LogP contribution in [0.3, 0.4) is 0 Å². The molecular weight excluding hydrogens is 364 g/mol. The summed E-state index contributed by atoms with van der Waals surface area (Å²) in [5, 5.41) is 14.4. The van der Waals surface area contributed by atoms with Crippen LogP contribution in [0.2, 0.25) is 0 Å². The Morgan fingerprint density at radius 2 is 1.82 bits per heavy atom. The third-order valence-corrected chi connectivity index (χ3v) is 3.68. The molecule has 148 valence electrons. The van der Waals surface area contributed by atoms with Gasteiger partial charge in [-0.2, -0.15) is 0 Å². The monoisotopic (exact) mass is 386 g/mol. The van der Waals surface area contributed by atoms with Crippen LogP contribution in [-0.4, -0.2) is 36.1 Å². The number of hydrogen-bond donors (Lipinski definition) is 1. The minimum Gasteiger partial charge on any atom is -0.465 e. The number of nitrogens with one attached hydrogen (secondary N) is 1. The highest BCUT2D eigenvalue weighted by Crippen LogP contribution is 2.32. The molecular formula is C20H22N2O6. The van der Waals surface area contributed by atoms with Crippen molar-refractivity contribution in [3.8, 4) is 11.1 Å². The van der Waals surface area contributed by atoms with Crippen molar-refractivity contribution in [2.24, 2.45) is 0 Å². The predicted octanol–water partition coefficient (Wildman–Crippen LogP) is 3.80. The lowest BCUT2D eigenvalue weighted by atomic mass is 10.0. The molecule has 1 N–H and O–H groups in total. The maximum atomic E-state index is 12.0. The maximum absolute atomic E-state index is 12.0. The van der Waals surface area contributed by atoms with Crippen LogP contribution in [0.4, 0.5) is 11.4 Å². The quantitative estimate of drug-likeness (QED) is 0.457. The summed E-state index contributed by atoms with van der Waals surface area (Å²) in [7, 11) is 1.16. The molecule has 2 rings (SSSR count). The van der Waals surface area contributed by atoms with Crippen molar-refractivity contribution in [3.05, 3.63) is 58.1 Å². The second-order valence-corrected chi connectivity index (χ2v) is 6.97. The first-order valence-electron chi connectivity index (χ1n) is 8.54. The molecule has 0 saturated carbocycles. The van der Waals surface area contributed by atoms with Gasteiger partial charge in [0.05, 0.1) is 12.0 Å². The Hall–Kier alpha value is -3.42. The summed E-state index contributed by atoms with van der Waals surface area (Å²) in [5.41, 5.74) is 0.690. The molecule has 2 aromatic rings. The number of rotatable bonds is 6. The SMILES string of the molecule is COC(=O)c1ccc(-c2ccccc2NCC(=O)OC(C)(C)C)cc1[N+](=O)[O-]. The van der Waals surface area contributed by atoms with Gasteiger partial charge in [0, 0.05) is 17.3 Å². The van der Waals surface area contributed by atoms with Crippen molar-refractivity contribution in [1.29, 1.82) is 0 Å². The third kappa shape index (κ3) is 5.29. The smallest absolute Gasteiger partial charge is 0.344 e. The molecule has 28 heavy (non-hydrogen) atoms. The maximum Gasteiger partial charge on any atom is 0.344 e. The Morgan fingerprint density at radius 1 is 1.14 bits per heavy atom. The highest BCUT2D eigenvalue weighted by atomic mass is 16.6. The van der Waals surface area contributed by atoms with Gasteiger partial charge in [0.25, 0.3) is 5.69 Å². The molecule has 0 aliphatic rings. The Bertz CT molecular complexity index is 902. The van der Waals surface area contributed by atoms with Crippen LogP contribution in [-0.2, 0) is 14.3 Å². The zero-order chi connectivity index (χ0) is 20.9. The van der Waals surface area contributed by atoms with Crippen LogP contribution >= 0.6 is 0 Å². The lowest BCUT2D eigenvalue weighted by molar-refractivity contribution is -0.385. The number of para-hydroxylation sites is 1. The summed E-state index contributed by atoms with van der Waals surface area (Å²) in [6.07, 6.45) is 0. The van der Waals surface area contributed by atoms with E-state index in [2.05, 4.69) is 10.1 Å². The van der Waals surface area contributed by atoms with Crippen molar-refractivity contribution in [2.45, 2.75) is 26.4 Å². The Labute approximate surface area is 162 Å². The molecule has 0 radical (unpaired) electrons. The number of nitrogens with zero attached hydrogens (tertiary/aromatic N) is 1. The Balaban J connectivity index is 2.34. The van der Waals surface area contributed by atoms with E-state index in [0.717, 1.165) is 7.11 Å². The van der Waals surface area contributed by atoms with E-state index < -0.39 is 22.5 Å². The summed E-state index contributed by atoms with van der Waals surface area (Å²) >= 11 is 0. The fourth-order valence-corrected chi connectivity index (χ4v) is 2.57. The fourth-order valence-electron chi connectivity index (χ4n) is 2.57. The van der Waals surface area contributed by atoms with Crippen LogP contribution in [0.1, 0.15) is 31.1 Å². The first-order valence-corrected chi connectivity index (χ1v) is 8.54. The van der Waals surface area contributed by atoms with E-state index in [1.165, 1.54) is 12.1 Å². The zero-order valence-corrected chi connectivity index (χ0v) is 16.1. The van der Waals surface area contributed by atoms with Gasteiger partial charge >= 0.3 is 11.9 Å². The third-order valence-electron chi connectivity index (χ3n) is 3.68. The summed E-state index contributed by atoms with van der Waals surface area (Å²) in [6.45, 7) is 5.28. The molecule has 0 fully saturated rings. The number of carbonyl (C=O) groups is 2. The summed E-state index contributed by atoms with van der Waals surface area (Å²) in [6, 6.07) is 11.3. The van der Waals surface area contributed by atoms with Crippen molar-refractivity contribution >= 4 is 23.3 Å². The molecule has 0 spiro atoms. The average Bonchev–Trinajstić information content (AvgIpc) is 2.64. The molecule has 0 bridgehead atoms. The van der Waals surface area contributed by atoms with Gasteiger partial charge in [-0.3, -0.25) is 14.9 Å². The minimum atomic E-state index is -0.783. The number of carbonyl (C=O) groups excluding carboxylic acids is 2. The number of benzene rings is 2. The number of hydrogen-bond acceptors (Lipinski definition) is 7. The first kappa shape index (κ1) is 20.9. The van der Waals surface area contributed by atoms with Gasteiger partial charge in [-0.1, -0.05) is 24.3 Å². The molecule has 0 amide bonds. The van der Waals surface area contributed by atoms with Crippen LogP contribution in [0, 0.1) is 10.1 Å². The standard InChI is InChI=1S/C20H22N2O6/c1-20(2,3)28-18(23)12-21-16-8-6-5-7-14(16)13-9-10-15(19(24)27-4)17(11-13)22(25)26/h5-11,21H,12H2,1-4H3. The summed E-state index contributed by atoms with van der Waals surface area (Å²) < 4.78 is 9.86. The largest absolute Gasteiger partial charge is 0.465 e. The van der Waals surface area contributed by atoms with E-state index in [4.69, 9.17) is 4.74 Å². The van der Waals surface area contributed by atoms with E-state index in [1.54, 1.807) is 51.1 Å². The number of methoxy groups -OCH3 is 1. The summed E-state index contributed by atoms with van der Waals surface area (Å²) in [4.78, 5) is 34.5. The van der Waals surface area contributed by atoms with Crippen molar-refractivity contribution in [1.82, 2.24) is 0 Å². The number of nitro groups is 1. The number of ether oxygens (including phenoxy) is 2. The second kappa shape index (κ2) is 8.51. The van der Waals surface area contributed by atoms with Crippen LogP contribution in [0.5, 0.6) is 0 Å². The number of anilines is 1. The van der Waals surface area contributed by atoms with E-state index in [9.17, 15) is 19.7 Å². The minimum absolute atomic E-state index is 0.0589. The summed E-state index contributed by atoms with van der Waals surface area (Å²) in [5.74, 6) is -1.20. The molecule has 0 heterocycles. The van der Waals surface area contributed by atoms with E-state index in [-0.39, 0.29) is 17.8 Å². The van der Waals surface area contributed by atoms with Gasteiger partial charge in [-0.05, 0) is 38.5 Å². The fraction of sp³-hybridized carbons (Fsp3) is 0.300. The lowest BCUT2D eigenvalue weighted by Gasteiger charge is -2.20. The van der Waals surface area contributed by atoms with Gasteiger partial charge < -0.3 is 14.8 Å². The van der Waals surface area contributed by atoms with Gasteiger partial charge in [0.1, 0.15) is 17.7 Å².